The van der Waals surface area contributed by atoms with Crippen LogP contribution in [-0.2, 0) is 19.3 Å². The van der Waals surface area contributed by atoms with Crippen molar-refractivity contribution in [1.29, 1.82) is 0 Å². The van der Waals surface area contributed by atoms with Gasteiger partial charge >= 0.3 is 0 Å². The van der Waals surface area contributed by atoms with Gasteiger partial charge in [0.15, 0.2) is 5.69 Å². The molecule has 2 N–H and O–H groups in total. The van der Waals surface area contributed by atoms with Crippen molar-refractivity contribution in [2.75, 3.05) is 17.2 Å². The van der Waals surface area contributed by atoms with E-state index < -0.39 is 0 Å². The molecule has 2 aromatic carbocycles. The molecule has 3 aromatic rings. The summed E-state index contributed by atoms with van der Waals surface area (Å²) in [5, 5.41) is 4.77. The summed E-state index contributed by atoms with van der Waals surface area (Å²) in [6.45, 7) is 0.711. The number of nitrogen functional groups attached to an aromatic ring is 1. The molecular weight excluding hydrogens is 372 g/mol. The molecule has 0 bridgehead atoms. The summed E-state index contributed by atoms with van der Waals surface area (Å²) >= 11 is 0. The summed E-state index contributed by atoms with van der Waals surface area (Å²) in [4.78, 5) is 15.4. The number of benzene rings is 2. The van der Waals surface area contributed by atoms with Crippen LogP contribution in [0, 0.1) is 0 Å². The van der Waals surface area contributed by atoms with Gasteiger partial charge in [0.05, 0.1) is 5.69 Å². The van der Waals surface area contributed by atoms with Crippen molar-refractivity contribution in [3.8, 4) is 5.69 Å². The molecule has 0 saturated heterocycles. The summed E-state index contributed by atoms with van der Waals surface area (Å²) < 4.78 is 1.96. The summed E-state index contributed by atoms with van der Waals surface area (Å²) in [5.41, 5.74) is 12.8. The summed E-state index contributed by atoms with van der Waals surface area (Å²) in [5.74, 6) is -0.00520. The fourth-order valence-electron chi connectivity index (χ4n) is 4.38. The third-order valence-electron chi connectivity index (χ3n) is 5.67. The number of carbonyl (C=O) groups excluding carboxylic acids is 1. The van der Waals surface area contributed by atoms with E-state index in [4.69, 9.17) is 10.8 Å². The third-order valence-corrected chi connectivity index (χ3v) is 5.67. The molecule has 0 saturated carbocycles. The summed E-state index contributed by atoms with van der Waals surface area (Å²) in [6.07, 6.45) is 4.80. The van der Waals surface area contributed by atoms with Gasteiger partial charge in [-0.1, -0.05) is 24.3 Å². The highest BCUT2D eigenvalue weighted by Crippen LogP contribution is 2.34. The Hall–Kier alpha value is -2.79. The van der Waals surface area contributed by atoms with E-state index in [9.17, 15) is 4.79 Å². The fraction of sp³-hybridized carbons (Fsp3) is 0.273. The second-order valence-electron chi connectivity index (χ2n) is 7.28. The number of hydrogen-bond acceptors (Lipinski definition) is 3. The number of anilines is 2. The minimum absolute atomic E-state index is 0. The van der Waals surface area contributed by atoms with E-state index in [2.05, 4.69) is 0 Å². The highest BCUT2D eigenvalue weighted by molar-refractivity contribution is 6.07. The quantitative estimate of drug-likeness (QED) is 0.669. The van der Waals surface area contributed by atoms with Crippen LogP contribution >= 0.6 is 12.4 Å². The number of para-hydroxylation sites is 1. The van der Waals surface area contributed by atoms with E-state index in [1.165, 1.54) is 5.69 Å². The van der Waals surface area contributed by atoms with Crippen LogP contribution in [0.3, 0.4) is 0 Å². The number of hydrogen-bond donors (Lipinski definition) is 1. The zero-order valence-electron chi connectivity index (χ0n) is 15.6. The molecule has 2 heterocycles. The molecular formula is C22H23ClN4O. The normalized spacial score (nSPS) is 14.9. The number of aromatic nitrogens is 2. The molecule has 0 fully saturated rings. The van der Waals surface area contributed by atoms with E-state index in [0.29, 0.717) is 12.2 Å². The minimum atomic E-state index is -0.00520. The lowest BCUT2D eigenvalue weighted by molar-refractivity contribution is 0.0979. The second-order valence-corrected chi connectivity index (χ2v) is 7.28. The molecule has 144 valence electrons. The van der Waals surface area contributed by atoms with Gasteiger partial charge in [0.25, 0.3) is 5.91 Å². The number of nitrogens with two attached hydrogens (primary N) is 1. The Morgan fingerprint density at radius 3 is 2.54 bits per heavy atom. The van der Waals surface area contributed by atoms with E-state index >= 15 is 0 Å². The summed E-state index contributed by atoms with van der Waals surface area (Å²) in [7, 11) is 0. The SMILES string of the molecule is Cl.Nc1cccc2c1CCCN2C(=O)c1nn(-c2ccccc2)c2c1CCC2. The van der Waals surface area contributed by atoms with Gasteiger partial charge < -0.3 is 10.6 Å². The molecule has 28 heavy (non-hydrogen) atoms. The van der Waals surface area contributed by atoms with Crippen LogP contribution in [0.25, 0.3) is 5.69 Å². The first kappa shape index (κ1) is 18.6. The van der Waals surface area contributed by atoms with E-state index in [-0.39, 0.29) is 18.3 Å². The maximum atomic E-state index is 13.5. The smallest absolute Gasteiger partial charge is 0.279 e. The van der Waals surface area contributed by atoms with E-state index in [1.807, 2.05) is 58.1 Å². The molecule has 0 radical (unpaired) electrons. The van der Waals surface area contributed by atoms with Crippen molar-refractivity contribution in [3.05, 3.63) is 71.0 Å². The van der Waals surface area contributed by atoms with Gasteiger partial charge in [-0.25, -0.2) is 4.68 Å². The standard InChI is InChI=1S/C22H22N4O.ClH/c23-18-11-5-12-19-16(18)10-6-14-25(19)22(27)21-17-9-4-13-20(17)26(24-21)15-7-2-1-3-8-15;/h1-3,5,7-8,11-12H,4,6,9-10,13-14,23H2;1H. The monoisotopic (exact) mass is 394 g/mol. The molecule has 1 aromatic heterocycles. The lowest BCUT2D eigenvalue weighted by Gasteiger charge is -2.30. The zero-order chi connectivity index (χ0) is 18.4. The predicted molar refractivity (Wildman–Crippen MR) is 114 cm³/mol. The number of rotatable bonds is 2. The van der Waals surface area contributed by atoms with Gasteiger partial charge in [-0.3, -0.25) is 4.79 Å². The lowest BCUT2D eigenvalue weighted by atomic mass is 9.99. The molecule has 5 nitrogen and oxygen atoms in total. The Kier molecular flexibility index (Phi) is 4.85. The highest BCUT2D eigenvalue weighted by Gasteiger charge is 2.32. The van der Waals surface area contributed by atoms with Gasteiger partial charge in [0.2, 0.25) is 0 Å². The number of carbonyl (C=O) groups is 1. The van der Waals surface area contributed by atoms with Gasteiger partial charge in [0.1, 0.15) is 0 Å². The van der Waals surface area contributed by atoms with Gasteiger partial charge in [-0.15, -0.1) is 12.4 Å². The third kappa shape index (κ3) is 2.87. The minimum Gasteiger partial charge on any atom is -0.398 e. The molecule has 2 aliphatic rings. The van der Waals surface area contributed by atoms with Crippen LogP contribution in [0.4, 0.5) is 11.4 Å². The van der Waals surface area contributed by atoms with Crippen molar-refractivity contribution < 1.29 is 4.79 Å². The molecule has 5 rings (SSSR count). The maximum Gasteiger partial charge on any atom is 0.279 e. The Bertz CT molecular complexity index is 1030. The molecule has 1 aliphatic carbocycles. The molecule has 1 aliphatic heterocycles. The molecule has 1 amide bonds. The fourth-order valence-corrected chi connectivity index (χ4v) is 4.38. The van der Waals surface area contributed by atoms with E-state index in [0.717, 1.165) is 60.3 Å². The number of nitrogens with zero attached hydrogens (tertiary/aromatic N) is 3. The Balaban J connectivity index is 0.00000192. The van der Waals surface area contributed by atoms with Crippen LogP contribution in [0.5, 0.6) is 0 Å². The van der Waals surface area contributed by atoms with Crippen molar-refractivity contribution >= 4 is 29.7 Å². The summed E-state index contributed by atoms with van der Waals surface area (Å²) in [6, 6.07) is 15.9. The van der Waals surface area contributed by atoms with Gasteiger partial charge in [-0.2, -0.15) is 5.10 Å². The highest BCUT2D eigenvalue weighted by atomic mass is 35.5. The predicted octanol–water partition coefficient (Wildman–Crippen LogP) is 3.96. The number of fused-ring (bicyclic) bond motifs is 2. The molecule has 0 unspecified atom stereocenters. The van der Waals surface area contributed by atoms with Crippen LogP contribution in [0.1, 0.15) is 40.2 Å². The average molecular weight is 395 g/mol. The van der Waals surface area contributed by atoms with Crippen molar-refractivity contribution in [2.24, 2.45) is 0 Å². The average Bonchev–Trinajstić information content (AvgIpc) is 3.31. The molecule has 0 atom stereocenters. The van der Waals surface area contributed by atoms with Crippen LogP contribution in [0.15, 0.2) is 48.5 Å². The van der Waals surface area contributed by atoms with Crippen LogP contribution in [0.2, 0.25) is 0 Å². The van der Waals surface area contributed by atoms with Gasteiger partial charge in [-0.05, 0) is 61.9 Å². The first-order chi connectivity index (χ1) is 13.2. The maximum absolute atomic E-state index is 13.5. The Labute approximate surface area is 170 Å². The Morgan fingerprint density at radius 1 is 0.929 bits per heavy atom. The first-order valence-corrected chi connectivity index (χ1v) is 9.59. The first-order valence-electron chi connectivity index (χ1n) is 9.59. The van der Waals surface area contributed by atoms with Gasteiger partial charge in [0, 0.05) is 29.2 Å². The zero-order valence-corrected chi connectivity index (χ0v) is 16.4. The van der Waals surface area contributed by atoms with Crippen molar-refractivity contribution in [1.82, 2.24) is 9.78 Å². The van der Waals surface area contributed by atoms with Crippen molar-refractivity contribution in [3.63, 3.8) is 0 Å². The van der Waals surface area contributed by atoms with Crippen LogP contribution < -0.4 is 10.6 Å². The molecule has 0 spiro atoms. The lowest BCUT2D eigenvalue weighted by Crippen LogP contribution is -2.36. The largest absolute Gasteiger partial charge is 0.398 e. The number of halogens is 1. The van der Waals surface area contributed by atoms with Crippen molar-refractivity contribution in [2.45, 2.75) is 32.1 Å². The Morgan fingerprint density at radius 2 is 1.71 bits per heavy atom. The second kappa shape index (κ2) is 7.32. The van der Waals surface area contributed by atoms with Crippen LogP contribution in [-0.4, -0.2) is 22.2 Å². The number of amides is 1. The molecule has 6 heteroatoms. The van der Waals surface area contributed by atoms with E-state index in [1.54, 1.807) is 0 Å². The topological polar surface area (TPSA) is 64.2 Å².